The zero-order valence-electron chi connectivity index (χ0n) is 35.8. The van der Waals surface area contributed by atoms with Crippen molar-refractivity contribution < 1.29 is 67.8 Å². The third-order valence-corrected chi connectivity index (χ3v) is 13.0. The number of nitrogens with one attached hydrogen (secondary N) is 2. The number of ketones is 1. The lowest BCUT2D eigenvalue weighted by atomic mass is 9.44. The number of hydrogen-bond acceptors (Lipinski definition) is 14. The highest BCUT2D eigenvalue weighted by molar-refractivity contribution is 5.97. The third-order valence-electron chi connectivity index (χ3n) is 13.0. The first-order chi connectivity index (χ1) is 28.4. The summed E-state index contributed by atoms with van der Waals surface area (Å²) in [5, 5.41) is 43.0. The van der Waals surface area contributed by atoms with Gasteiger partial charge in [-0.1, -0.05) is 62.4 Å². The third kappa shape index (κ3) is 7.94. The molecule has 2 amide bonds. The molecule has 0 spiro atoms. The van der Waals surface area contributed by atoms with Gasteiger partial charge in [0.15, 0.2) is 23.6 Å². The summed E-state index contributed by atoms with van der Waals surface area (Å²) in [4.78, 5) is 83.0. The van der Waals surface area contributed by atoms with Gasteiger partial charge in [0.25, 0.3) is 5.91 Å². The summed E-state index contributed by atoms with van der Waals surface area (Å²) in [5.41, 5.74) is -7.81. The number of aliphatic hydroxyl groups is 3. The Balaban J connectivity index is 1.54. The summed E-state index contributed by atoms with van der Waals surface area (Å²) in [6, 6.07) is 13.2. The predicted molar refractivity (Wildman–Crippen MR) is 215 cm³/mol. The lowest BCUT2D eigenvalue weighted by Gasteiger charge is -2.68. The quantitative estimate of drug-likeness (QED) is 0.138. The van der Waals surface area contributed by atoms with Crippen molar-refractivity contribution in [3.63, 3.8) is 0 Å². The molecular formula is C45H56N2O14. The largest absolute Gasteiger partial charge is 0.456 e. The zero-order chi connectivity index (χ0) is 45.0. The van der Waals surface area contributed by atoms with Crippen molar-refractivity contribution in [1.29, 1.82) is 0 Å². The fourth-order valence-corrected chi connectivity index (χ4v) is 10.00. The normalized spacial score (nSPS) is 32.5. The smallest absolute Gasteiger partial charge is 0.408 e. The Morgan fingerprint density at radius 2 is 1.52 bits per heavy atom. The molecule has 1 heterocycles. The van der Waals surface area contributed by atoms with Crippen molar-refractivity contribution >= 4 is 35.7 Å². The van der Waals surface area contributed by atoms with Crippen LogP contribution in [0.3, 0.4) is 0 Å². The molecule has 2 bridgehead atoms. The standard InChI is InChI=1S/C45H56N2O14/c1-23-28(59-39(54)33(51)32(26-16-12-10-13-17-26)46-40(55)61-41(4,5)6)21-45(56)36(47-38(53)27-18-14-11-15-19-27)35-43(9,29(50)20-30-44(35,22-57-30)60-25(3)49)37(52)34(58-24(2)48)31(23)42(45,7)8/h10-19,28-30,32-36,50-51,56H,20-22H2,1-9H3,(H,46,55)(H,47,53)/t28-,29-,30+,32-,33-,34+,35?,36-,43+,44-,45+/m0/s1. The molecule has 5 N–H and O–H groups in total. The molecule has 330 valence electrons. The number of hydrogen-bond donors (Lipinski definition) is 5. The Morgan fingerprint density at radius 1 is 0.918 bits per heavy atom. The second-order valence-electron chi connectivity index (χ2n) is 18.3. The SMILES string of the molecule is CC(=O)O[C@H]1C(=O)[C@@]2(C)C([C@H](NC(=O)c3ccccc3)[C@]3(O)C[C@H](OC(=O)[C@@H](O)[C@@H](NC(=O)OC(C)(C)C)c4ccccc4)C(C)=C1C3(C)C)[C@]1(OC(C)=O)CO[C@@H]1C[C@@H]2O. The van der Waals surface area contributed by atoms with Crippen LogP contribution >= 0.6 is 0 Å². The Kier molecular flexibility index (Phi) is 12.1. The van der Waals surface area contributed by atoms with Crippen LogP contribution in [0.5, 0.6) is 0 Å². The van der Waals surface area contributed by atoms with Crippen LogP contribution in [0.25, 0.3) is 0 Å². The number of esters is 3. The molecule has 0 radical (unpaired) electrons. The monoisotopic (exact) mass is 848 g/mol. The lowest BCUT2D eigenvalue weighted by molar-refractivity contribution is -0.332. The number of amides is 2. The van der Waals surface area contributed by atoms with Gasteiger partial charge in [0.1, 0.15) is 17.8 Å². The highest BCUT2D eigenvalue weighted by atomic mass is 16.6. The second kappa shape index (κ2) is 16.3. The van der Waals surface area contributed by atoms with E-state index in [0.717, 1.165) is 6.92 Å². The zero-order valence-corrected chi connectivity index (χ0v) is 35.8. The predicted octanol–water partition coefficient (Wildman–Crippen LogP) is 3.40. The molecule has 11 atom stereocenters. The summed E-state index contributed by atoms with van der Waals surface area (Å²) in [7, 11) is 0. The number of alkyl carbamates (subject to hydrolysis) is 1. The van der Waals surface area contributed by atoms with Gasteiger partial charge in [0, 0.05) is 43.6 Å². The number of rotatable bonds is 9. The molecule has 1 saturated heterocycles. The number of carbonyl (C=O) groups excluding carboxylic acids is 6. The Labute approximate surface area is 354 Å². The average molecular weight is 849 g/mol. The Bertz CT molecular complexity index is 2100. The summed E-state index contributed by atoms with van der Waals surface area (Å²) in [6.45, 7) is 13.1. The maximum absolute atomic E-state index is 15.5. The van der Waals surface area contributed by atoms with Crippen LogP contribution in [-0.2, 0) is 42.9 Å². The molecule has 2 aromatic carbocycles. The van der Waals surface area contributed by atoms with E-state index >= 15 is 4.79 Å². The van der Waals surface area contributed by atoms with Crippen molar-refractivity contribution in [1.82, 2.24) is 10.6 Å². The van der Waals surface area contributed by atoms with E-state index in [-0.39, 0.29) is 29.7 Å². The van der Waals surface area contributed by atoms with Crippen LogP contribution in [0, 0.1) is 16.7 Å². The van der Waals surface area contributed by atoms with Gasteiger partial charge >= 0.3 is 24.0 Å². The van der Waals surface area contributed by atoms with Gasteiger partial charge in [0.2, 0.25) is 0 Å². The number of aliphatic hydroxyl groups excluding tert-OH is 2. The van der Waals surface area contributed by atoms with Gasteiger partial charge in [0.05, 0.1) is 35.8 Å². The number of carbonyl (C=O) groups is 6. The molecular weight excluding hydrogens is 792 g/mol. The van der Waals surface area contributed by atoms with E-state index in [1.807, 2.05) is 0 Å². The molecule has 1 unspecified atom stereocenters. The van der Waals surface area contributed by atoms with E-state index in [1.54, 1.807) is 83.1 Å². The molecule has 4 aliphatic rings. The van der Waals surface area contributed by atoms with Crippen LogP contribution in [0.2, 0.25) is 0 Å². The number of benzene rings is 2. The van der Waals surface area contributed by atoms with Gasteiger partial charge in [-0.15, -0.1) is 0 Å². The van der Waals surface area contributed by atoms with E-state index in [4.69, 9.17) is 23.7 Å². The van der Waals surface area contributed by atoms with Crippen LogP contribution in [0.4, 0.5) is 4.79 Å². The summed E-state index contributed by atoms with van der Waals surface area (Å²) in [6.07, 6.45) is -9.44. The van der Waals surface area contributed by atoms with Gasteiger partial charge in [-0.2, -0.15) is 0 Å². The van der Waals surface area contributed by atoms with E-state index in [1.165, 1.54) is 32.9 Å². The minimum absolute atomic E-state index is 0.0274. The molecule has 16 nitrogen and oxygen atoms in total. The first kappa shape index (κ1) is 45.4. The molecule has 2 aromatic rings. The van der Waals surface area contributed by atoms with E-state index in [9.17, 15) is 39.3 Å². The highest BCUT2D eigenvalue weighted by Gasteiger charge is 2.77. The number of Topliss-reactive ketones (excluding diaryl/α,β-unsaturated/α-hetero) is 1. The molecule has 3 fully saturated rings. The van der Waals surface area contributed by atoms with Gasteiger partial charge in [-0.05, 0) is 63.5 Å². The lowest BCUT2D eigenvalue weighted by Crippen LogP contribution is -2.83. The Morgan fingerprint density at radius 3 is 2.07 bits per heavy atom. The maximum Gasteiger partial charge on any atom is 0.408 e. The van der Waals surface area contributed by atoms with E-state index < -0.39 is 118 Å². The summed E-state index contributed by atoms with van der Waals surface area (Å²) < 4.78 is 29.3. The molecule has 3 aliphatic carbocycles. The number of fused-ring (bicyclic) bond motifs is 5. The fraction of sp³-hybridized carbons (Fsp3) is 0.556. The minimum Gasteiger partial charge on any atom is -0.456 e. The molecule has 1 aliphatic heterocycles. The maximum atomic E-state index is 15.5. The summed E-state index contributed by atoms with van der Waals surface area (Å²) in [5.74, 6) is -5.84. The van der Waals surface area contributed by atoms with Crippen molar-refractivity contribution in [3.8, 4) is 0 Å². The molecule has 2 saturated carbocycles. The van der Waals surface area contributed by atoms with E-state index in [0.29, 0.717) is 5.56 Å². The average Bonchev–Trinajstić information content (AvgIpc) is 3.17. The summed E-state index contributed by atoms with van der Waals surface area (Å²) >= 11 is 0. The van der Waals surface area contributed by atoms with Crippen LogP contribution in [0.15, 0.2) is 71.8 Å². The van der Waals surface area contributed by atoms with Gasteiger partial charge in [-0.3, -0.25) is 19.2 Å². The van der Waals surface area contributed by atoms with Crippen molar-refractivity contribution in [2.45, 2.75) is 135 Å². The van der Waals surface area contributed by atoms with Crippen LogP contribution in [-0.4, -0.2) is 111 Å². The molecule has 0 aromatic heterocycles. The minimum atomic E-state index is -2.29. The van der Waals surface area contributed by atoms with Crippen molar-refractivity contribution in [3.05, 3.63) is 82.9 Å². The second-order valence-corrected chi connectivity index (χ2v) is 18.3. The van der Waals surface area contributed by atoms with Crippen molar-refractivity contribution in [2.75, 3.05) is 6.61 Å². The van der Waals surface area contributed by atoms with Crippen molar-refractivity contribution in [2.24, 2.45) is 16.7 Å². The Hall–Kier alpha value is -5.16. The van der Waals surface area contributed by atoms with Gasteiger partial charge < -0.3 is 49.6 Å². The molecule has 61 heavy (non-hydrogen) atoms. The van der Waals surface area contributed by atoms with Crippen LogP contribution < -0.4 is 10.6 Å². The first-order valence-electron chi connectivity index (χ1n) is 20.3. The molecule has 16 heteroatoms. The fourth-order valence-electron chi connectivity index (χ4n) is 10.00. The molecule has 6 rings (SSSR count). The van der Waals surface area contributed by atoms with Crippen LogP contribution in [0.1, 0.15) is 97.1 Å². The number of ether oxygens (including phenoxy) is 5. The highest BCUT2D eigenvalue weighted by Crippen LogP contribution is 2.63. The van der Waals surface area contributed by atoms with Gasteiger partial charge in [-0.25, -0.2) is 9.59 Å². The first-order valence-corrected chi connectivity index (χ1v) is 20.3. The topological polar surface area (TPSA) is 233 Å². The van der Waals surface area contributed by atoms with E-state index in [2.05, 4.69) is 10.6 Å².